The number of nitrogens with one attached hydrogen (secondary N) is 1. The molecule has 2 saturated heterocycles. The van der Waals surface area contributed by atoms with Gasteiger partial charge in [-0.3, -0.25) is 4.79 Å². The minimum atomic E-state index is -0.918. The zero-order valence-electron chi connectivity index (χ0n) is 7.19. The monoisotopic (exact) mass is 184 g/mol. The Morgan fingerprint density at radius 3 is 3.08 bits per heavy atom. The third kappa shape index (κ3) is 1.34. The first kappa shape index (κ1) is 8.34. The Bertz CT molecular complexity index is 254. The number of fused-ring (bicyclic) bond motifs is 1. The summed E-state index contributed by atoms with van der Waals surface area (Å²) in [4.78, 5) is 23.2. The summed E-state index contributed by atoms with van der Waals surface area (Å²) in [5.74, 6) is 0.254. The van der Waals surface area contributed by atoms with Crippen molar-refractivity contribution in [1.82, 2.24) is 10.2 Å². The van der Waals surface area contributed by atoms with Gasteiger partial charge in [-0.15, -0.1) is 0 Å². The van der Waals surface area contributed by atoms with Crippen molar-refractivity contribution in [2.24, 2.45) is 11.8 Å². The van der Waals surface area contributed by atoms with Gasteiger partial charge in [-0.2, -0.15) is 0 Å². The molecule has 2 unspecified atom stereocenters. The van der Waals surface area contributed by atoms with Gasteiger partial charge in [-0.1, -0.05) is 0 Å². The molecule has 5 heteroatoms. The number of rotatable bonds is 0. The van der Waals surface area contributed by atoms with Crippen LogP contribution in [0.15, 0.2) is 0 Å². The van der Waals surface area contributed by atoms with Gasteiger partial charge in [0.15, 0.2) is 0 Å². The van der Waals surface area contributed by atoms with Crippen molar-refractivity contribution in [1.29, 1.82) is 0 Å². The van der Waals surface area contributed by atoms with E-state index in [4.69, 9.17) is 5.11 Å². The quantitative estimate of drug-likeness (QED) is 0.544. The lowest BCUT2D eigenvalue weighted by Crippen LogP contribution is -2.43. The molecule has 2 rings (SSSR count). The average molecular weight is 184 g/mol. The van der Waals surface area contributed by atoms with Gasteiger partial charge in [0.25, 0.3) is 0 Å². The third-order valence-electron chi connectivity index (χ3n) is 2.90. The van der Waals surface area contributed by atoms with Crippen LogP contribution < -0.4 is 5.32 Å². The molecule has 2 heterocycles. The van der Waals surface area contributed by atoms with Crippen LogP contribution in [0.4, 0.5) is 4.79 Å². The van der Waals surface area contributed by atoms with Crippen LogP contribution in [-0.2, 0) is 4.79 Å². The van der Waals surface area contributed by atoms with E-state index in [2.05, 4.69) is 5.32 Å². The van der Waals surface area contributed by atoms with Crippen molar-refractivity contribution >= 4 is 12.0 Å². The summed E-state index contributed by atoms with van der Waals surface area (Å²) in [7, 11) is 0. The number of carboxylic acid groups (broad SMARTS) is 1. The molecule has 0 radical (unpaired) electrons. The molecule has 0 bridgehead atoms. The summed E-state index contributed by atoms with van der Waals surface area (Å²) < 4.78 is 0. The maximum Gasteiger partial charge on any atom is 0.407 e. The van der Waals surface area contributed by atoms with E-state index in [0.29, 0.717) is 19.0 Å². The predicted octanol–water partition coefficient (Wildman–Crippen LogP) is -0.268. The van der Waals surface area contributed by atoms with Gasteiger partial charge in [0.2, 0.25) is 5.91 Å². The average Bonchev–Trinajstić information content (AvgIpc) is 2.47. The second-order valence-electron chi connectivity index (χ2n) is 3.63. The first-order chi connectivity index (χ1) is 6.18. The fraction of sp³-hybridized carbons (Fsp3) is 0.750. The van der Waals surface area contributed by atoms with E-state index in [1.165, 1.54) is 4.90 Å². The number of amides is 2. The van der Waals surface area contributed by atoms with Crippen LogP contribution in [0.2, 0.25) is 0 Å². The molecule has 2 aliphatic heterocycles. The van der Waals surface area contributed by atoms with Gasteiger partial charge >= 0.3 is 6.09 Å². The highest BCUT2D eigenvalue weighted by Gasteiger charge is 2.40. The van der Waals surface area contributed by atoms with Crippen molar-refractivity contribution in [3.63, 3.8) is 0 Å². The van der Waals surface area contributed by atoms with E-state index in [1.54, 1.807) is 0 Å². The Morgan fingerprint density at radius 1 is 1.62 bits per heavy atom. The SMILES string of the molecule is O=C1NCC2CCN(C(=O)O)CC12. The van der Waals surface area contributed by atoms with Crippen LogP contribution in [0.5, 0.6) is 0 Å². The molecule has 13 heavy (non-hydrogen) atoms. The second-order valence-corrected chi connectivity index (χ2v) is 3.63. The van der Waals surface area contributed by atoms with Gasteiger partial charge in [0.1, 0.15) is 0 Å². The zero-order valence-corrected chi connectivity index (χ0v) is 7.19. The maximum absolute atomic E-state index is 11.2. The van der Waals surface area contributed by atoms with E-state index in [0.717, 1.165) is 13.0 Å². The lowest BCUT2D eigenvalue weighted by molar-refractivity contribution is -0.123. The highest BCUT2D eigenvalue weighted by molar-refractivity contribution is 5.82. The number of carbonyl (C=O) groups is 2. The second kappa shape index (κ2) is 2.90. The Hall–Kier alpha value is -1.26. The predicted molar refractivity (Wildman–Crippen MR) is 44.2 cm³/mol. The van der Waals surface area contributed by atoms with Crippen LogP contribution in [0, 0.1) is 11.8 Å². The summed E-state index contributed by atoms with van der Waals surface area (Å²) in [6.07, 6.45) is -0.117. The number of likely N-dealkylation sites (tertiary alicyclic amines) is 1. The third-order valence-corrected chi connectivity index (χ3v) is 2.90. The van der Waals surface area contributed by atoms with E-state index in [1.807, 2.05) is 0 Å². The van der Waals surface area contributed by atoms with Crippen molar-refractivity contribution in [2.45, 2.75) is 6.42 Å². The molecule has 2 amide bonds. The maximum atomic E-state index is 11.2. The van der Waals surface area contributed by atoms with Gasteiger partial charge in [0.05, 0.1) is 5.92 Å². The number of carbonyl (C=O) groups excluding carboxylic acids is 1. The van der Waals surface area contributed by atoms with E-state index in [9.17, 15) is 9.59 Å². The Kier molecular flexibility index (Phi) is 1.86. The molecule has 72 valence electrons. The topological polar surface area (TPSA) is 69.6 Å². The highest BCUT2D eigenvalue weighted by atomic mass is 16.4. The standard InChI is InChI=1S/C8H12N2O3/c11-7-6-4-10(8(12)13)2-1-5(6)3-9-7/h5-6H,1-4H2,(H,9,11)(H,12,13). The molecule has 2 N–H and O–H groups in total. The minimum absolute atomic E-state index is 0.0101. The summed E-state index contributed by atoms with van der Waals surface area (Å²) in [5, 5.41) is 11.5. The lowest BCUT2D eigenvalue weighted by Gasteiger charge is -2.31. The molecule has 0 aromatic heterocycles. The minimum Gasteiger partial charge on any atom is -0.465 e. The first-order valence-corrected chi connectivity index (χ1v) is 4.44. The number of hydrogen-bond acceptors (Lipinski definition) is 2. The first-order valence-electron chi connectivity index (χ1n) is 4.44. The molecule has 0 aromatic rings. The summed E-state index contributed by atoms with van der Waals surface area (Å²) >= 11 is 0. The van der Waals surface area contributed by atoms with Crippen LogP contribution in [-0.4, -0.2) is 41.6 Å². The molecule has 0 saturated carbocycles. The van der Waals surface area contributed by atoms with Crippen molar-refractivity contribution in [3.05, 3.63) is 0 Å². The van der Waals surface area contributed by atoms with E-state index < -0.39 is 6.09 Å². The van der Waals surface area contributed by atoms with Crippen molar-refractivity contribution in [2.75, 3.05) is 19.6 Å². The lowest BCUT2D eigenvalue weighted by atomic mass is 9.88. The molecule has 0 aromatic carbocycles. The van der Waals surface area contributed by atoms with Gasteiger partial charge in [0, 0.05) is 19.6 Å². The normalized spacial score (nSPS) is 32.6. The van der Waals surface area contributed by atoms with E-state index >= 15 is 0 Å². The fourth-order valence-corrected chi connectivity index (χ4v) is 2.08. The Balaban J connectivity index is 2.05. The molecular weight excluding hydrogens is 172 g/mol. The van der Waals surface area contributed by atoms with Crippen LogP contribution in [0.25, 0.3) is 0 Å². The number of hydrogen-bond donors (Lipinski definition) is 2. The van der Waals surface area contributed by atoms with Crippen LogP contribution in [0.1, 0.15) is 6.42 Å². The molecule has 5 nitrogen and oxygen atoms in total. The van der Waals surface area contributed by atoms with Gasteiger partial charge in [-0.05, 0) is 12.3 Å². The molecule has 2 aliphatic rings. The zero-order chi connectivity index (χ0) is 9.42. The highest BCUT2D eigenvalue weighted by Crippen LogP contribution is 2.27. The molecule has 0 spiro atoms. The van der Waals surface area contributed by atoms with Crippen LogP contribution in [0.3, 0.4) is 0 Å². The molecule has 2 fully saturated rings. The van der Waals surface area contributed by atoms with Crippen LogP contribution >= 0.6 is 0 Å². The van der Waals surface area contributed by atoms with Crippen molar-refractivity contribution in [3.8, 4) is 0 Å². The smallest absolute Gasteiger partial charge is 0.407 e. The Labute approximate surface area is 75.7 Å². The van der Waals surface area contributed by atoms with E-state index in [-0.39, 0.29) is 11.8 Å². The largest absolute Gasteiger partial charge is 0.465 e. The Morgan fingerprint density at radius 2 is 2.38 bits per heavy atom. The fourth-order valence-electron chi connectivity index (χ4n) is 2.08. The van der Waals surface area contributed by atoms with Gasteiger partial charge in [-0.25, -0.2) is 4.79 Å². The molecule has 2 atom stereocenters. The van der Waals surface area contributed by atoms with Gasteiger partial charge < -0.3 is 15.3 Å². The van der Waals surface area contributed by atoms with Crippen molar-refractivity contribution < 1.29 is 14.7 Å². The summed E-state index contributed by atoms with van der Waals surface area (Å²) in [6.45, 7) is 1.65. The summed E-state index contributed by atoms with van der Waals surface area (Å²) in [6, 6.07) is 0. The number of nitrogens with zero attached hydrogens (tertiary/aromatic N) is 1. The summed E-state index contributed by atoms with van der Waals surface area (Å²) in [5.41, 5.74) is 0. The molecular formula is C8H12N2O3. The molecule has 0 aliphatic carbocycles. The number of piperidine rings is 1.